The fraction of sp³-hybridized carbons (Fsp3) is 0.316. The molecule has 1 aromatic carbocycles. The number of aromatic nitrogens is 1. The molecule has 2 aromatic rings. The summed E-state index contributed by atoms with van der Waals surface area (Å²) >= 11 is 0. The van der Waals surface area contributed by atoms with E-state index in [1.165, 1.54) is 18.2 Å². The van der Waals surface area contributed by atoms with Crippen molar-refractivity contribution in [2.24, 2.45) is 0 Å². The third-order valence-corrected chi connectivity index (χ3v) is 4.01. The molecule has 0 spiro atoms. The highest BCUT2D eigenvalue weighted by Crippen LogP contribution is 2.16. The smallest absolute Gasteiger partial charge is 0.354 e. The van der Waals surface area contributed by atoms with Gasteiger partial charge < -0.3 is 14.7 Å². The highest BCUT2D eigenvalue weighted by atomic mass is 16.5. The third-order valence-electron chi connectivity index (χ3n) is 4.01. The van der Waals surface area contributed by atoms with Crippen molar-refractivity contribution in [2.75, 3.05) is 13.7 Å². The van der Waals surface area contributed by atoms with Gasteiger partial charge in [-0.2, -0.15) is 0 Å². The summed E-state index contributed by atoms with van der Waals surface area (Å²) in [5, 5.41) is 9.04. The van der Waals surface area contributed by atoms with Gasteiger partial charge in [0.05, 0.1) is 7.11 Å². The molecule has 0 saturated carbocycles. The summed E-state index contributed by atoms with van der Waals surface area (Å²) in [6.45, 7) is 4.37. The van der Waals surface area contributed by atoms with Gasteiger partial charge in [0.15, 0.2) is 0 Å². The molecule has 1 aromatic heterocycles. The average molecular weight is 342 g/mol. The fourth-order valence-electron chi connectivity index (χ4n) is 2.69. The van der Waals surface area contributed by atoms with E-state index < -0.39 is 5.97 Å². The number of aromatic carboxylic acids is 1. The van der Waals surface area contributed by atoms with Gasteiger partial charge in [0.1, 0.15) is 17.1 Å². The molecule has 25 heavy (non-hydrogen) atoms. The zero-order valence-corrected chi connectivity index (χ0v) is 14.6. The van der Waals surface area contributed by atoms with E-state index in [9.17, 15) is 9.59 Å². The lowest BCUT2D eigenvalue weighted by Crippen LogP contribution is -2.40. The van der Waals surface area contributed by atoms with E-state index in [2.05, 4.69) is 4.98 Å². The van der Waals surface area contributed by atoms with Crippen LogP contribution in [0, 0.1) is 0 Å². The number of carboxylic acids is 1. The van der Waals surface area contributed by atoms with Crippen LogP contribution >= 0.6 is 0 Å². The molecule has 6 nitrogen and oxygen atoms in total. The van der Waals surface area contributed by atoms with E-state index in [0.29, 0.717) is 13.0 Å². The molecule has 0 aliphatic carbocycles. The summed E-state index contributed by atoms with van der Waals surface area (Å²) in [6.07, 6.45) is 0.683. The molecule has 132 valence electrons. The molecule has 0 radical (unpaired) electrons. The van der Waals surface area contributed by atoms with Crippen LogP contribution in [0.3, 0.4) is 0 Å². The first-order valence-electron chi connectivity index (χ1n) is 8.10. The first-order chi connectivity index (χ1) is 12.0. The van der Waals surface area contributed by atoms with E-state index in [1.54, 1.807) is 12.0 Å². The molecule has 6 heteroatoms. The van der Waals surface area contributed by atoms with Gasteiger partial charge in [-0.15, -0.1) is 0 Å². The minimum absolute atomic E-state index is 0.0545. The molecule has 0 fully saturated rings. The Balaban J connectivity index is 2.15. The molecular weight excluding hydrogens is 320 g/mol. The van der Waals surface area contributed by atoms with Crippen LogP contribution in [-0.2, 0) is 6.42 Å². The number of ether oxygens (including phenoxy) is 1. The largest absolute Gasteiger partial charge is 0.497 e. The van der Waals surface area contributed by atoms with E-state index >= 15 is 0 Å². The van der Waals surface area contributed by atoms with Crippen LogP contribution in [-0.4, -0.2) is 46.6 Å². The molecule has 1 amide bonds. The van der Waals surface area contributed by atoms with Gasteiger partial charge in [0.25, 0.3) is 5.91 Å². The van der Waals surface area contributed by atoms with Crippen molar-refractivity contribution in [1.82, 2.24) is 9.88 Å². The van der Waals surface area contributed by atoms with Crippen LogP contribution < -0.4 is 4.74 Å². The maximum absolute atomic E-state index is 12.7. The number of hydrogen-bond acceptors (Lipinski definition) is 4. The van der Waals surface area contributed by atoms with E-state index in [1.807, 2.05) is 38.1 Å². The molecular formula is C19H22N2O4. The molecule has 0 aliphatic rings. The predicted octanol–water partition coefficient (Wildman–Crippen LogP) is 2.88. The van der Waals surface area contributed by atoms with Crippen LogP contribution in [0.2, 0.25) is 0 Å². The maximum Gasteiger partial charge on any atom is 0.354 e. The minimum Gasteiger partial charge on any atom is -0.497 e. The Labute approximate surface area is 147 Å². The van der Waals surface area contributed by atoms with Crippen molar-refractivity contribution in [3.8, 4) is 5.75 Å². The lowest BCUT2D eigenvalue weighted by molar-refractivity contribution is 0.0687. The molecule has 1 N–H and O–H groups in total. The van der Waals surface area contributed by atoms with Gasteiger partial charge in [0, 0.05) is 12.6 Å². The quantitative estimate of drug-likeness (QED) is 0.837. The summed E-state index contributed by atoms with van der Waals surface area (Å²) in [4.78, 5) is 29.4. The van der Waals surface area contributed by atoms with Crippen LogP contribution in [0.5, 0.6) is 5.75 Å². The minimum atomic E-state index is -1.15. The number of methoxy groups -OCH3 is 1. The number of nitrogens with zero attached hydrogens (tertiary/aromatic N) is 2. The number of pyridine rings is 1. The standard InChI is InChI=1S/C19H22N2O4/c1-4-21(13(2)12-14-8-10-15(25-3)11-9-14)18(22)16-6-5-7-17(20-16)19(23)24/h5-11,13H,4,12H2,1-3H3,(H,23,24)/t13-/m1/s1. The lowest BCUT2D eigenvalue weighted by Gasteiger charge is -2.28. The monoisotopic (exact) mass is 342 g/mol. The highest BCUT2D eigenvalue weighted by Gasteiger charge is 2.22. The third kappa shape index (κ3) is 4.56. The number of carboxylic acid groups (broad SMARTS) is 1. The number of benzene rings is 1. The maximum atomic E-state index is 12.7. The van der Waals surface area contributed by atoms with Crippen molar-refractivity contribution in [3.63, 3.8) is 0 Å². The van der Waals surface area contributed by atoms with Crippen molar-refractivity contribution in [1.29, 1.82) is 0 Å². The van der Waals surface area contributed by atoms with E-state index in [4.69, 9.17) is 9.84 Å². The first-order valence-corrected chi connectivity index (χ1v) is 8.10. The second kappa shape index (κ2) is 8.28. The Kier molecular flexibility index (Phi) is 6.11. The molecule has 0 unspecified atom stereocenters. The van der Waals surface area contributed by atoms with Gasteiger partial charge in [-0.05, 0) is 50.1 Å². The predicted molar refractivity (Wildman–Crippen MR) is 94.1 cm³/mol. The van der Waals surface area contributed by atoms with Crippen LogP contribution in [0.25, 0.3) is 0 Å². The summed E-state index contributed by atoms with van der Waals surface area (Å²) in [7, 11) is 1.62. The first kappa shape index (κ1) is 18.4. The highest BCUT2D eigenvalue weighted by molar-refractivity contribution is 5.94. The molecule has 1 atom stereocenters. The van der Waals surface area contributed by atoms with Crippen molar-refractivity contribution in [2.45, 2.75) is 26.3 Å². The molecule has 1 heterocycles. The average Bonchev–Trinajstić information content (AvgIpc) is 2.63. The number of carbonyl (C=O) groups is 2. The topological polar surface area (TPSA) is 79.7 Å². The Hall–Kier alpha value is -2.89. The molecule has 0 bridgehead atoms. The lowest BCUT2D eigenvalue weighted by atomic mass is 10.1. The Morgan fingerprint density at radius 2 is 1.80 bits per heavy atom. The molecule has 0 aliphatic heterocycles. The van der Waals surface area contributed by atoms with Crippen molar-refractivity contribution < 1.29 is 19.4 Å². The second-order valence-corrected chi connectivity index (χ2v) is 5.71. The summed E-state index contributed by atoms with van der Waals surface area (Å²) in [5.74, 6) is -0.634. The van der Waals surface area contributed by atoms with E-state index in [-0.39, 0.29) is 23.3 Å². The normalized spacial score (nSPS) is 11.6. The van der Waals surface area contributed by atoms with Crippen molar-refractivity contribution in [3.05, 3.63) is 59.4 Å². The SMILES string of the molecule is CCN(C(=O)c1cccc(C(=O)O)n1)[C@H](C)Cc1ccc(OC)cc1. The summed E-state index contributed by atoms with van der Waals surface area (Å²) in [6, 6.07) is 12.1. The number of amides is 1. The van der Waals surface area contributed by atoms with Crippen LogP contribution in [0.1, 0.15) is 40.4 Å². The zero-order valence-electron chi connectivity index (χ0n) is 14.6. The number of rotatable bonds is 7. The van der Waals surface area contributed by atoms with Gasteiger partial charge >= 0.3 is 5.97 Å². The Morgan fingerprint density at radius 1 is 1.16 bits per heavy atom. The summed E-state index contributed by atoms with van der Waals surface area (Å²) in [5.41, 5.74) is 1.10. The van der Waals surface area contributed by atoms with E-state index in [0.717, 1.165) is 11.3 Å². The fourth-order valence-corrected chi connectivity index (χ4v) is 2.69. The van der Waals surface area contributed by atoms with Crippen molar-refractivity contribution >= 4 is 11.9 Å². The summed E-state index contributed by atoms with van der Waals surface area (Å²) < 4.78 is 5.15. The van der Waals surface area contributed by atoms with Crippen LogP contribution in [0.15, 0.2) is 42.5 Å². The zero-order chi connectivity index (χ0) is 18.4. The number of carbonyl (C=O) groups excluding carboxylic acids is 1. The second-order valence-electron chi connectivity index (χ2n) is 5.71. The van der Waals surface area contributed by atoms with Crippen LogP contribution in [0.4, 0.5) is 0 Å². The van der Waals surface area contributed by atoms with Gasteiger partial charge in [-0.3, -0.25) is 4.79 Å². The molecule has 0 saturated heterocycles. The Bertz CT molecular complexity index is 743. The van der Waals surface area contributed by atoms with Gasteiger partial charge in [-0.25, -0.2) is 9.78 Å². The molecule has 2 rings (SSSR count). The number of hydrogen-bond donors (Lipinski definition) is 1. The Morgan fingerprint density at radius 3 is 2.36 bits per heavy atom. The van der Waals surface area contributed by atoms with Gasteiger partial charge in [-0.1, -0.05) is 18.2 Å². The van der Waals surface area contributed by atoms with Gasteiger partial charge in [0.2, 0.25) is 0 Å². The number of likely N-dealkylation sites (N-methyl/N-ethyl adjacent to an activating group) is 1.